The van der Waals surface area contributed by atoms with Crippen LogP contribution in [0.4, 0.5) is 16.2 Å². The summed E-state index contributed by atoms with van der Waals surface area (Å²) in [6.07, 6.45) is 1.14. The number of esters is 1. The summed E-state index contributed by atoms with van der Waals surface area (Å²) in [5.74, 6) is -0.337. The van der Waals surface area contributed by atoms with Crippen LogP contribution < -0.4 is 4.90 Å². The summed E-state index contributed by atoms with van der Waals surface area (Å²) >= 11 is 0. The van der Waals surface area contributed by atoms with Crippen LogP contribution in [0.1, 0.15) is 15.9 Å². The Morgan fingerprint density at radius 1 is 1.11 bits per heavy atom. The number of anilines is 2. The summed E-state index contributed by atoms with van der Waals surface area (Å²) in [5, 5.41) is 0. The van der Waals surface area contributed by atoms with Gasteiger partial charge < -0.3 is 9.15 Å². The molecule has 0 amide bonds. The van der Waals surface area contributed by atoms with Crippen molar-refractivity contribution in [1.82, 2.24) is 9.97 Å². The summed E-state index contributed by atoms with van der Waals surface area (Å²) in [4.78, 5) is 22.0. The van der Waals surface area contributed by atoms with Gasteiger partial charge in [-0.25, -0.2) is 14.2 Å². The van der Waals surface area contributed by atoms with Gasteiger partial charge in [-0.15, -0.1) is 0 Å². The number of carbonyl (C=O) groups excluding carboxylic acids is 1. The van der Waals surface area contributed by atoms with Gasteiger partial charge in [0.15, 0.2) is 5.58 Å². The monoisotopic (exact) mass is 377 g/mol. The number of aromatic nitrogens is 2. The van der Waals surface area contributed by atoms with E-state index in [2.05, 4.69) is 9.97 Å². The number of oxazole rings is 1. The molecule has 0 atom stereocenters. The largest absolute Gasteiger partial charge is 0.465 e. The highest BCUT2D eigenvalue weighted by Crippen LogP contribution is 2.29. The van der Waals surface area contributed by atoms with Gasteiger partial charge in [-0.05, 0) is 42.0 Å². The van der Waals surface area contributed by atoms with Crippen LogP contribution in [0.2, 0.25) is 0 Å². The summed E-state index contributed by atoms with van der Waals surface area (Å²) in [6, 6.07) is 17.6. The van der Waals surface area contributed by atoms with Gasteiger partial charge in [-0.1, -0.05) is 24.3 Å². The molecule has 0 aliphatic carbocycles. The molecule has 0 aliphatic heterocycles. The highest BCUT2D eigenvalue weighted by atomic mass is 19.1. The molecule has 28 heavy (non-hydrogen) atoms. The van der Waals surface area contributed by atoms with Crippen LogP contribution in [-0.4, -0.2) is 23.0 Å². The van der Waals surface area contributed by atoms with Gasteiger partial charge >= 0.3 is 12.0 Å². The number of nitrogens with zero attached hydrogens (tertiary/aromatic N) is 3. The number of halogens is 1. The van der Waals surface area contributed by atoms with E-state index in [9.17, 15) is 9.18 Å². The first-order chi connectivity index (χ1) is 13.6. The summed E-state index contributed by atoms with van der Waals surface area (Å²) in [6.45, 7) is 0.368. The van der Waals surface area contributed by atoms with E-state index in [0.29, 0.717) is 35.0 Å². The van der Waals surface area contributed by atoms with Crippen molar-refractivity contribution in [2.45, 2.75) is 6.54 Å². The van der Waals surface area contributed by atoms with Crippen LogP contribution in [0.3, 0.4) is 0 Å². The zero-order valence-corrected chi connectivity index (χ0v) is 15.0. The van der Waals surface area contributed by atoms with E-state index >= 15 is 0 Å². The minimum atomic E-state index is -0.427. The number of benzene rings is 2. The Hall–Kier alpha value is -3.74. The van der Waals surface area contributed by atoms with Crippen LogP contribution in [0.5, 0.6) is 0 Å². The van der Waals surface area contributed by atoms with Gasteiger partial charge in [0.1, 0.15) is 17.2 Å². The highest BCUT2D eigenvalue weighted by Gasteiger charge is 2.18. The average molecular weight is 377 g/mol. The minimum absolute atomic E-state index is 0.345. The van der Waals surface area contributed by atoms with E-state index in [4.69, 9.17) is 9.15 Å². The zero-order valence-electron chi connectivity index (χ0n) is 15.0. The van der Waals surface area contributed by atoms with Crippen molar-refractivity contribution < 1.29 is 18.3 Å². The Morgan fingerprint density at radius 3 is 2.57 bits per heavy atom. The number of ether oxygens (including phenoxy) is 1. The van der Waals surface area contributed by atoms with Gasteiger partial charge in [-0.3, -0.25) is 4.90 Å². The van der Waals surface area contributed by atoms with Gasteiger partial charge in [0.05, 0.1) is 25.4 Å². The second-order valence-corrected chi connectivity index (χ2v) is 6.07. The lowest BCUT2D eigenvalue weighted by Crippen LogP contribution is -2.18. The molecule has 0 N–H and O–H groups in total. The number of methoxy groups -OCH3 is 1. The average Bonchev–Trinajstić information content (AvgIpc) is 3.16. The first-order valence-electron chi connectivity index (χ1n) is 8.56. The summed E-state index contributed by atoms with van der Waals surface area (Å²) in [7, 11) is 1.34. The molecular weight excluding hydrogens is 361 g/mol. The fourth-order valence-electron chi connectivity index (χ4n) is 2.80. The smallest absolute Gasteiger partial charge is 0.337 e. The molecule has 6 nitrogen and oxygen atoms in total. The fourth-order valence-corrected chi connectivity index (χ4v) is 2.80. The van der Waals surface area contributed by atoms with Crippen molar-refractivity contribution in [3.05, 3.63) is 83.8 Å². The van der Waals surface area contributed by atoms with Crippen LogP contribution in [0.15, 0.2) is 71.3 Å². The summed E-state index contributed by atoms with van der Waals surface area (Å²) in [5.41, 5.74) is 2.71. The lowest BCUT2D eigenvalue weighted by Gasteiger charge is -2.19. The molecule has 140 valence electrons. The molecule has 4 rings (SSSR count). The molecule has 0 radical (unpaired) electrons. The number of para-hydroxylation sites is 2. The first kappa shape index (κ1) is 17.7. The van der Waals surface area contributed by atoms with Crippen LogP contribution in [0.25, 0.3) is 11.1 Å². The molecule has 0 bridgehead atoms. The van der Waals surface area contributed by atoms with Crippen LogP contribution in [0, 0.1) is 5.82 Å². The first-order valence-corrected chi connectivity index (χ1v) is 8.56. The Labute approximate surface area is 160 Å². The Kier molecular flexibility index (Phi) is 4.72. The molecule has 7 heteroatoms. The lowest BCUT2D eigenvalue weighted by atomic mass is 10.1. The number of carbonyl (C=O) groups is 1. The quantitative estimate of drug-likeness (QED) is 0.478. The van der Waals surface area contributed by atoms with Crippen molar-refractivity contribution >= 4 is 28.9 Å². The summed E-state index contributed by atoms with van der Waals surface area (Å²) < 4.78 is 23.9. The molecule has 0 unspecified atom stereocenters. The van der Waals surface area contributed by atoms with E-state index in [0.717, 1.165) is 11.8 Å². The van der Waals surface area contributed by atoms with E-state index in [1.807, 2.05) is 36.4 Å². The third-order valence-corrected chi connectivity index (χ3v) is 4.22. The normalized spacial score (nSPS) is 10.8. The van der Waals surface area contributed by atoms with Gasteiger partial charge in [-0.2, -0.15) is 4.98 Å². The molecule has 4 aromatic rings. The second kappa shape index (κ2) is 7.48. The van der Waals surface area contributed by atoms with E-state index in [1.54, 1.807) is 23.1 Å². The molecule has 0 saturated heterocycles. The molecule has 0 spiro atoms. The molecule has 0 aliphatic rings. The topological polar surface area (TPSA) is 68.5 Å². The molecular formula is C21H16FN3O3. The van der Waals surface area contributed by atoms with Crippen molar-refractivity contribution in [2.75, 3.05) is 12.0 Å². The number of hydrogen-bond donors (Lipinski definition) is 0. The number of fused-ring (bicyclic) bond motifs is 1. The lowest BCUT2D eigenvalue weighted by molar-refractivity contribution is 0.0600. The van der Waals surface area contributed by atoms with Crippen molar-refractivity contribution in [2.24, 2.45) is 0 Å². The Bertz CT molecular complexity index is 1070. The van der Waals surface area contributed by atoms with E-state index in [-0.39, 0.29) is 0 Å². The van der Waals surface area contributed by atoms with Gasteiger partial charge in [0.25, 0.3) is 0 Å². The van der Waals surface area contributed by atoms with E-state index < -0.39 is 11.8 Å². The second-order valence-electron chi connectivity index (χ2n) is 6.07. The van der Waals surface area contributed by atoms with E-state index in [1.165, 1.54) is 13.2 Å². The maximum atomic E-state index is 13.3. The van der Waals surface area contributed by atoms with Crippen molar-refractivity contribution in [3.63, 3.8) is 0 Å². The molecule has 0 saturated carbocycles. The van der Waals surface area contributed by atoms with Crippen LogP contribution >= 0.6 is 0 Å². The van der Waals surface area contributed by atoms with Gasteiger partial charge in [0.2, 0.25) is 0 Å². The number of rotatable bonds is 5. The SMILES string of the molecule is COC(=O)c1ccc(CN(c2ccc(F)cn2)c2nc3ccccc3o2)cc1. The zero-order chi connectivity index (χ0) is 19.5. The van der Waals surface area contributed by atoms with Gasteiger partial charge in [0, 0.05) is 0 Å². The Balaban J connectivity index is 1.70. The third kappa shape index (κ3) is 3.55. The molecule has 0 fully saturated rings. The highest BCUT2D eigenvalue weighted by molar-refractivity contribution is 5.89. The third-order valence-electron chi connectivity index (χ3n) is 4.22. The predicted molar refractivity (Wildman–Crippen MR) is 102 cm³/mol. The molecule has 2 aromatic heterocycles. The standard InChI is InChI=1S/C21H16FN3O3/c1-27-20(26)15-8-6-14(7-9-15)13-25(19-11-10-16(22)12-23-19)21-24-17-4-2-3-5-18(17)28-21/h2-12H,13H2,1H3. The van der Waals surface area contributed by atoms with Crippen molar-refractivity contribution in [1.29, 1.82) is 0 Å². The maximum Gasteiger partial charge on any atom is 0.337 e. The number of hydrogen-bond acceptors (Lipinski definition) is 6. The number of pyridine rings is 1. The Morgan fingerprint density at radius 2 is 1.89 bits per heavy atom. The fraction of sp³-hybridized carbons (Fsp3) is 0.0952. The molecule has 2 aromatic carbocycles. The predicted octanol–water partition coefficient (Wildman–Crippen LogP) is 4.49. The molecule has 2 heterocycles. The minimum Gasteiger partial charge on any atom is -0.465 e. The van der Waals surface area contributed by atoms with Crippen molar-refractivity contribution in [3.8, 4) is 0 Å². The van der Waals surface area contributed by atoms with Crippen LogP contribution in [-0.2, 0) is 11.3 Å². The maximum absolute atomic E-state index is 13.3.